The Balaban J connectivity index is 2.04. The molecule has 0 N–H and O–H groups in total. The molecule has 122 valence electrons. The maximum atomic E-state index is 13.1. The zero-order valence-corrected chi connectivity index (χ0v) is 12.6. The number of halogens is 3. The Hall–Kier alpha value is -2.96. The van der Waals surface area contributed by atoms with Gasteiger partial charge in [-0.25, -0.2) is 0 Å². The van der Waals surface area contributed by atoms with E-state index in [1.165, 1.54) is 0 Å². The zero-order valence-electron chi connectivity index (χ0n) is 12.6. The number of ether oxygens (including phenoxy) is 1. The molecule has 4 nitrogen and oxygen atoms in total. The Kier molecular flexibility index (Phi) is 4.16. The second-order valence-corrected chi connectivity index (χ2v) is 5.07. The number of rotatable bonds is 3. The van der Waals surface area contributed by atoms with E-state index in [0.29, 0.717) is 5.56 Å². The van der Waals surface area contributed by atoms with E-state index in [-0.39, 0.29) is 11.6 Å². The molecule has 1 aromatic heterocycles. The number of hydrogen-bond donors (Lipinski definition) is 0. The molecule has 3 aromatic rings. The first-order valence-corrected chi connectivity index (χ1v) is 7.05. The minimum atomic E-state index is -4.71. The van der Waals surface area contributed by atoms with Gasteiger partial charge in [-0.3, -0.25) is 0 Å². The third-order valence-electron chi connectivity index (χ3n) is 3.19. The van der Waals surface area contributed by atoms with Crippen LogP contribution in [0.1, 0.15) is 11.3 Å². The lowest BCUT2D eigenvalue weighted by Gasteiger charge is -2.12. The van der Waals surface area contributed by atoms with Crippen molar-refractivity contribution < 1.29 is 17.9 Å². The number of hydrogen-bond acceptors (Lipinski definition) is 4. The van der Waals surface area contributed by atoms with Crippen molar-refractivity contribution in [2.24, 2.45) is 0 Å². The van der Waals surface area contributed by atoms with Crippen molar-refractivity contribution in [3.8, 4) is 23.0 Å². The molecular formula is C17H12F3N3O. The normalized spacial score (nSPS) is 11.3. The van der Waals surface area contributed by atoms with Gasteiger partial charge in [0.25, 0.3) is 5.88 Å². The minimum absolute atomic E-state index is 0.0608. The van der Waals surface area contributed by atoms with Crippen molar-refractivity contribution in [2.75, 3.05) is 0 Å². The summed E-state index contributed by atoms with van der Waals surface area (Å²) in [7, 11) is 0. The van der Waals surface area contributed by atoms with Gasteiger partial charge in [0.2, 0.25) is 5.69 Å². The van der Waals surface area contributed by atoms with Gasteiger partial charge in [0, 0.05) is 5.56 Å². The van der Waals surface area contributed by atoms with Crippen LogP contribution in [0, 0.1) is 6.92 Å². The summed E-state index contributed by atoms with van der Waals surface area (Å²) in [6.45, 7) is 1.87. The molecule has 0 unspecified atom stereocenters. The van der Waals surface area contributed by atoms with E-state index in [1.54, 1.807) is 54.6 Å². The second kappa shape index (κ2) is 6.27. The van der Waals surface area contributed by atoms with Crippen molar-refractivity contribution >= 4 is 0 Å². The Morgan fingerprint density at radius 2 is 1.54 bits per heavy atom. The fraction of sp³-hybridized carbons (Fsp3) is 0.118. The molecule has 0 atom stereocenters. The van der Waals surface area contributed by atoms with E-state index >= 15 is 0 Å². The van der Waals surface area contributed by atoms with E-state index in [1.807, 2.05) is 6.92 Å². The van der Waals surface area contributed by atoms with Crippen molar-refractivity contribution in [1.29, 1.82) is 0 Å². The topological polar surface area (TPSA) is 47.9 Å². The van der Waals surface area contributed by atoms with Crippen LogP contribution >= 0.6 is 0 Å². The molecule has 0 aliphatic rings. The fourth-order valence-electron chi connectivity index (χ4n) is 1.99. The second-order valence-electron chi connectivity index (χ2n) is 5.07. The van der Waals surface area contributed by atoms with Crippen LogP contribution < -0.4 is 4.74 Å². The highest BCUT2D eigenvalue weighted by molar-refractivity contribution is 5.54. The number of nitrogens with zero attached hydrogens (tertiary/aromatic N) is 3. The lowest BCUT2D eigenvalue weighted by atomic mass is 10.2. The van der Waals surface area contributed by atoms with Crippen molar-refractivity contribution in [3.05, 3.63) is 65.9 Å². The van der Waals surface area contributed by atoms with Crippen LogP contribution in [0.5, 0.6) is 11.6 Å². The largest absolute Gasteiger partial charge is 0.440 e. The molecule has 2 aromatic carbocycles. The summed E-state index contributed by atoms with van der Waals surface area (Å²) in [6.07, 6.45) is -4.71. The molecular weight excluding hydrogens is 319 g/mol. The standard InChI is InChI=1S/C17H12F3N3O/c1-11-7-9-13(10-8-11)24-16-14(17(18,19)20)22-23-15(21-16)12-5-3-2-4-6-12/h2-10H,1H3. The maximum absolute atomic E-state index is 13.1. The van der Waals surface area contributed by atoms with Crippen LogP contribution in [-0.2, 0) is 6.18 Å². The van der Waals surface area contributed by atoms with Crippen LogP contribution in [-0.4, -0.2) is 15.2 Å². The quantitative estimate of drug-likeness (QED) is 0.700. The highest BCUT2D eigenvalue weighted by Crippen LogP contribution is 2.35. The molecule has 1 heterocycles. The molecule has 0 radical (unpaired) electrons. The first-order chi connectivity index (χ1) is 11.4. The van der Waals surface area contributed by atoms with E-state index in [0.717, 1.165) is 5.56 Å². The van der Waals surface area contributed by atoms with Gasteiger partial charge in [-0.1, -0.05) is 48.0 Å². The van der Waals surface area contributed by atoms with E-state index in [9.17, 15) is 13.2 Å². The molecule has 24 heavy (non-hydrogen) atoms. The van der Waals surface area contributed by atoms with Crippen LogP contribution in [0.2, 0.25) is 0 Å². The summed E-state index contributed by atoms with van der Waals surface area (Å²) >= 11 is 0. The SMILES string of the molecule is Cc1ccc(Oc2nc(-c3ccccc3)nnc2C(F)(F)F)cc1. The molecule has 0 aliphatic carbocycles. The molecule has 7 heteroatoms. The minimum Gasteiger partial charge on any atom is -0.437 e. The van der Waals surface area contributed by atoms with E-state index < -0.39 is 17.8 Å². The maximum Gasteiger partial charge on any atom is 0.440 e. The molecule has 0 bridgehead atoms. The highest BCUT2D eigenvalue weighted by atomic mass is 19.4. The highest BCUT2D eigenvalue weighted by Gasteiger charge is 2.39. The smallest absolute Gasteiger partial charge is 0.437 e. The summed E-state index contributed by atoms with van der Waals surface area (Å²) in [5.74, 6) is -0.323. The van der Waals surface area contributed by atoms with Crippen molar-refractivity contribution in [3.63, 3.8) is 0 Å². The predicted octanol–water partition coefficient (Wildman–Crippen LogP) is 4.66. The van der Waals surface area contributed by atoms with Gasteiger partial charge >= 0.3 is 6.18 Å². The van der Waals surface area contributed by atoms with Gasteiger partial charge in [-0.15, -0.1) is 10.2 Å². The van der Waals surface area contributed by atoms with Crippen molar-refractivity contribution in [2.45, 2.75) is 13.1 Å². The number of aromatic nitrogens is 3. The van der Waals surface area contributed by atoms with Gasteiger partial charge in [0.15, 0.2) is 5.82 Å². The average molecular weight is 331 g/mol. The van der Waals surface area contributed by atoms with Gasteiger partial charge in [-0.2, -0.15) is 18.2 Å². The monoisotopic (exact) mass is 331 g/mol. The van der Waals surface area contributed by atoms with Crippen LogP contribution in [0.25, 0.3) is 11.4 Å². The van der Waals surface area contributed by atoms with Crippen LogP contribution in [0.3, 0.4) is 0 Å². The predicted molar refractivity (Wildman–Crippen MR) is 81.5 cm³/mol. The van der Waals surface area contributed by atoms with Gasteiger partial charge in [0.1, 0.15) is 5.75 Å². The summed E-state index contributed by atoms with van der Waals surface area (Å²) in [6, 6.07) is 15.2. The van der Waals surface area contributed by atoms with Gasteiger partial charge in [0.05, 0.1) is 0 Å². The molecule has 0 spiro atoms. The lowest BCUT2D eigenvalue weighted by molar-refractivity contribution is -0.143. The molecule has 0 aliphatic heterocycles. The average Bonchev–Trinajstić information content (AvgIpc) is 2.57. The Morgan fingerprint density at radius 3 is 2.17 bits per heavy atom. The zero-order chi connectivity index (χ0) is 17.2. The molecule has 0 saturated heterocycles. The Bertz CT molecular complexity index is 834. The van der Waals surface area contributed by atoms with E-state index in [2.05, 4.69) is 15.2 Å². The lowest BCUT2D eigenvalue weighted by Crippen LogP contribution is -2.13. The third-order valence-corrected chi connectivity index (χ3v) is 3.19. The summed E-state index contributed by atoms with van der Waals surface area (Å²) < 4.78 is 44.7. The summed E-state index contributed by atoms with van der Waals surface area (Å²) in [4.78, 5) is 3.91. The van der Waals surface area contributed by atoms with E-state index in [4.69, 9.17) is 4.74 Å². The fourth-order valence-corrected chi connectivity index (χ4v) is 1.99. The number of alkyl halides is 3. The molecule has 0 saturated carbocycles. The van der Waals surface area contributed by atoms with Crippen LogP contribution in [0.15, 0.2) is 54.6 Å². The molecule has 0 fully saturated rings. The Labute approximate surface area is 136 Å². The number of aryl methyl sites for hydroxylation is 1. The first-order valence-electron chi connectivity index (χ1n) is 7.05. The number of benzene rings is 2. The van der Waals surface area contributed by atoms with Gasteiger partial charge in [-0.05, 0) is 19.1 Å². The summed E-state index contributed by atoms with van der Waals surface area (Å²) in [5, 5.41) is 6.85. The first kappa shape index (κ1) is 15.9. The van der Waals surface area contributed by atoms with Gasteiger partial charge < -0.3 is 4.74 Å². The molecule has 3 rings (SSSR count). The summed E-state index contributed by atoms with van der Waals surface area (Å²) in [5.41, 5.74) is 0.249. The molecule has 0 amide bonds. The van der Waals surface area contributed by atoms with Crippen LogP contribution in [0.4, 0.5) is 13.2 Å². The van der Waals surface area contributed by atoms with Crippen molar-refractivity contribution in [1.82, 2.24) is 15.2 Å². The Morgan fingerprint density at radius 1 is 0.875 bits per heavy atom. The third kappa shape index (κ3) is 3.51.